The van der Waals surface area contributed by atoms with Crippen LogP contribution in [0, 0.1) is 0 Å². The van der Waals surface area contributed by atoms with Gasteiger partial charge in [0.1, 0.15) is 12.4 Å². The number of aromatic nitrogens is 1. The molecule has 0 bridgehead atoms. The van der Waals surface area contributed by atoms with Crippen molar-refractivity contribution in [3.05, 3.63) is 66.0 Å². The molecule has 1 aromatic heterocycles. The summed E-state index contributed by atoms with van der Waals surface area (Å²) in [5.74, 6) is 0.845. The molecule has 0 radical (unpaired) electrons. The predicted molar refractivity (Wildman–Crippen MR) is 78.0 cm³/mol. The normalized spacial score (nSPS) is 10.8. The summed E-state index contributed by atoms with van der Waals surface area (Å²) in [6, 6.07) is 14.0. The molecule has 1 aromatic carbocycles. The zero-order valence-electron chi connectivity index (χ0n) is 11.0. The van der Waals surface area contributed by atoms with E-state index in [-0.39, 0.29) is 0 Å². The first-order chi connectivity index (χ1) is 9.38. The minimum absolute atomic E-state index is 0.553. The first kappa shape index (κ1) is 13.3. The number of hydrogen-bond acceptors (Lipinski definition) is 3. The van der Waals surface area contributed by atoms with Crippen molar-refractivity contribution in [2.75, 3.05) is 13.7 Å². The molecule has 0 aliphatic heterocycles. The van der Waals surface area contributed by atoms with Crippen LogP contribution in [-0.4, -0.2) is 18.6 Å². The summed E-state index contributed by atoms with van der Waals surface area (Å²) in [5.41, 5.74) is 2.16. The van der Waals surface area contributed by atoms with E-state index in [1.807, 2.05) is 43.5 Å². The van der Waals surface area contributed by atoms with Gasteiger partial charge < -0.3 is 10.1 Å². The lowest BCUT2D eigenvalue weighted by atomic mass is 10.2. The van der Waals surface area contributed by atoms with Crippen LogP contribution in [0.5, 0.6) is 5.75 Å². The van der Waals surface area contributed by atoms with Gasteiger partial charge in [0, 0.05) is 18.8 Å². The third kappa shape index (κ3) is 4.56. The molecule has 98 valence electrons. The minimum Gasteiger partial charge on any atom is -0.489 e. The monoisotopic (exact) mass is 254 g/mol. The molecule has 3 nitrogen and oxygen atoms in total. The van der Waals surface area contributed by atoms with Gasteiger partial charge in [-0.05, 0) is 24.8 Å². The Kier molecular flexibility index (Phi) is 5.14. The SMILES string of the molecule is CNCc1cc(OC/C=C/c2ccccc2)ccn1. The van der Waals surface area contributed by atoms with Gasteiger partial charge in [0.15, 0.2) is 0 Å². The van der Waals surface area contributed by atoms with Crippen LogP contribution in [0.1, 0.15) is 11.3 Å². The van der Waals surface area contributed by atoms with Gasteiger partial charge in [-0.25, -0.2) is 0 Å². The second kappa shape index (κ2) is 7.34. The number of ether oxygens (including phenoxy) is 1. The van der Waals surface area contributed by atoms with Gasteiger partial charge in [0.25, 0.3) is 0 Å². The second-order valence-electron chi connectivity index (χ2n) is 4.14. The highest BCUT2D eigenvalue weighted by Gasteiger charge is 1.96. The van der Waals surface area contributed by atoms with Crippen LogP contribution in [0.3, 0.4) is 0 Å². The molecule has 0 atom stereocenters. The lowest BCUT2D eigenvalue weighted by Crippen LogP contribution is -2.07. The van der Waals surface area contributed by atoms with E-state index >= 15 is 0 Å². The van der Waals surface area contributed by atoms with Crippen LogP contribution in [0.4, 0.5) is 0 Å². The first-order valence-electron chi connectivity index (χ1n) is 6.32. The van der Waals surface area contributed by atoms with Gasteiger partial charge in [-0.1, -0.05) is 36.4 Å². The van der Waals surface area contributed by atoms with E-state index in [0.717, 1.165) is 18.0 Å². The Morgan fingerprint density at radius 3 is 2.84 bits per heavy atom. The number of nitrogens with one attached hydrogen (secondary N) is 1. The maximum atomic E-state index is 5.66. The molecule has 0 fully saturated rings. The zero-order valence-corrected chi connectivity index (χ0v) is 11.0. The van der Waals surface area contributed by atoms with E-state index in [1.54, 1.807) is 6.20 Å². The highest BCUT2D eigenvalue weighted by atomic mass is 16.5. The van der Waals surface area contributed by atoms with Gasteiger partial charge in [0.2, 0.25) is 0 Å². The molecule has 1 heterocycles. The molecule has 19 heavy (non-hydrogen) atoms. The molecule has 0 saturated heterocycles. The Hall–Kier alpha value is -2.13. The maximum absolute atomic E-state index is 5.66. The molecule has 0 spiro atoms. The molecule has 2 rings (SSSR count). The largest absolute Gasteiger partial charge is 0.489 e. The topological polar surface area (TPSA) is 34.1 Å². The molecule has 0 aliphatic carbocycles. The zero-order chi connectivity index (χ0) is 13.3. The van der Waals surface area contributed by atoms with Crippen molar-refractivity contribution in [1.82, 2.24) is 10.3 Å². The summed E-state index contributed by atoms with van der Waals surface area (Å²) in [6.07, 6.45) is 5.83. The summed E-state index contributed by atoms with van der Waals surface area (Å²) in [7, 11) is 1.90. The number of rotatable bonds is 6. The van der Waals surface area contributed by atoms with Gasteiger partial charge in [-0.3, -0.25) is 4.98 Å². The van der Waals surface area contributed by atoms with E-state index < -0.39 is 0 Å². The van der Waals surface area contributed by atoms with Gasteiger partial charge >= 0.3 is 0 Å². The molecule has 1 N–H and O–H groups in total. The fraction of sp³-hybridized carbons (Fsp3) is 0.188. The van der Waals surface area contributed by atoms with Gasteiger partial charge in [0.05, 0.1) is 5.69 Å². The standard InChI is InChI=1S/C16H18N2O/c1-17-13-15-12-16(9-10-18-15)19-11-5-8-14-6-3-2-4-7-14/h2-10,12,17H,11,13H2,1H3/b8-5+. The Morgan fingerprint density at radius 2 is 2.05 bits per heavy atom. The number of nitrogens with zero attached hydrogens (tertiary/aromatic N) is 1. The molecule has 0 amide bonds. The fourth-order valence-electron chi connectivity index (χ4n) is 1.72. The van der Waals surface area contributed by atoms with Crippen LogP contribution in [0.2, 0.25) is 0 Å². The maximum Gasteiger partial charge on any atom is 0.123 e. The summed E-state index contributed by atoms with van der Waals surface area (Å²) >= 11 is 0. The summed E-state index contributed by atoms with van der Waals surface area (Å²) in [4.78, 5) is 4.24. The smallest absolute Gasteiger partial charge is 0.123 e. The fourth-order valence-corrected chi connectivity index (χ4v) is 1.72. The Labute approximate surface area is 114 Å². The number of pyridine rings is 1. The highest BCUT2D eigenvalue weighted by Crippen LogP contribution is 2.11. The molecular weight excluding hydrogens is 236 g/mol. The van der Waals surface area contributed by atoms with Crippen molar-refractivity contribution in [1.29, 1.82) is 0 Å². The van der Waals surface area contributed by atoms with Crippen molar-refractivity contribution < 1.29 is 4.74 Å². The average molecular weight is 254 g/mol. The van der Waals surface area contributed by atoms with Crippen molar-refractivity contribution in [2.45, 2.75) is 6.54 Å². The lowest BCUT2D eigenvalue weighted by Gasteiger charge is -2.05. The molecule has 0 unspecified atom stereocenters. The van der Waals surface area contributed by atoms with E-state index in [9.17, 15) is 0 Å². The predicted octanol–water partition coefficient (Wildman–Crippen LogP) is 2.89. The van der Waals surface area contributed by atoms with Crippen molar-refractivity contribution in [2.24, 2.45) is 0 Å². The Bertz CT molecular complexity index is 523. The number of benzene rings is 1. The molecule has 0 aliphatic rings. The lowest BCUT2D eigenvalue weighted by molar-refractivity contribution is 0.362. The first-order valence-corrected chi connectivity index (χ1v) is 6.32. The van der Waals surface area contributed by atoms with Crippen molar-refractivity contribution in [3.8, 4) is 5.75 Å². The van der Waals surface area contributed by atoms with Crippen molar-refractivity contribution >= 4 is 6.08 Å². The van der Waals surface area contributed by atoms with Crippen LogP contribution in [0.15, 0.2) is 54.7 Å². The minimum atomic E-state index is 0.553. The van der Waals surface area contributed by atoms with Crippen LogP contribution >= 0.6 is 0 Å². The Balaban J connectivity index is 1.85. The molecule has 3 heteroatoms. The quantitative estimate of drug-likeness (QED) is 0.860. The third-order valence-electron chi connectivity index (χ3n) is 2.60. The molecular formula is C16H18N2O. The summed E-state index contributed by atoms with van der Waals surface area (Å²) < 4.78 is 5.66. The Morgan fingerprint density at radius 1 is 1.21 bits per heavy atom. The number of hydrogen-bond donors (Lipinski definition) is 1. The highest BCUT2D eigenvalue weighted by molar-refractivity contribution is 5.48. The van der Waals surface area contributed by atoms with Gasteiger partial charge in [-0.2, -0.15) is 0 Å². The van der Waals surface area contributed by atoms with E-state index in [4.69, 9.17) is 4.74 Å². The van der Waals surface area contributed by atoms with Crippen LogP contribution in [-0.2, 0) is 6.54 Å². The summed E-state index contributed by atoms with van der Waals surface area (Å²) in [6.45, 7) is 1.30. The van der Waals surface area contributed by atoms with E-state index in [0.29, 0.717) is 6.61 Å². The molecule has 0 saturated carbocycles. The second-order valence-corrected chi connectivity index (χ2v) is 4.14. The van der Waals surface area contributed by atoms with E-state index in [2.05, 4.69) is 28.5 Å². The average Bonchev–Trinajstić information content (AvgIpc) is 2.46. The third-order valence-corrected chi connectivity index (χ3v) is 2.60. The van der Waals surface area contributed by atoms with E-state index in [1.165, 1.54) is 5.56 Å². The van der Waals surface area contributed by atoms with Crippen LogP contribution < -0.4 is 10.1 Å². The van der Waals surface area contributed by atoms with Gasteiger partial charge in [-0.15, -0.1) is 0 Å². The van der Waals surface area contributed by atoms with Crippen molar-refractivity contribution in [3.63, 3.8) is 0 Å². The van der Waals surface area contributed by atoms with Crippen LogP contribution in [0.25, 0.3) is 6.08 Å². The molecule has 2 aromatic rings. The summed E-state index contributed by atoms with van der Waals surface area (Å²) in [5, 5.41) is 3.07.